The van der Waals surface area contributed by atoms with Crippen LogP contribution in [0.15, 0.2) is 36.4 Å². The minimum Gasteiger partial charge on any atom is -0.352 e. The molecule has 1 heterocycles. The van der Waals surface area contributed by atoms with Gasteiger partial charge in [-0.3, -0.25) is 4.79 Å². The number of unbranched alkanes of at least 4 members (excludes halogenated alkanes) is 1. The van der Waals surface area contributed by atoms with Crippen LogP contribution in [0.2, 0.25) is 0 Å². The number of hydrogen-bond donors (Lipinski definition) is 1. The van der Waals surface area contributed by atoms with Gasteiger partial charge in [-0.05, 0) is 31.9 Å². The SMILES string of the molecule is C=C(C)C(=O)NCCCc1nc2ccccc2n1CCCC. The van der Waals surface area contributed by atoms with Crippen molar-refractivity contribution < 1.29 is 4.79 Å². The van der Waals surface area contributed by atoms with Gasteiger partial charge in [-0.1, -0.05) is 32.1 Å². The lowest BCUT2D eigenvalue weighted by molar-refractivity contribution is -0.117. The molecule has 0 saturated carbocycles. The molecule has 22 heavy (non-hydrogen) atoms. The molecule has 0 fully saturated rings. The molecule has 4 heteroatoms. The molecule has 118 valence electrons. The average molecular weight is 299 g/mol. The van der Waals surface area contributed by atoms with Gasteiger partial charge in [0.25, 0.3) is 0 Å². The third-order valence-electron chi connectivity index (χ3n) is 3.72. The molecule has 0 bridgehead atoms. The van der Waals surface area contributed by atoms with Crippen molar-refractivity contribution in [2.45, 2.75) is 46.1 Å². The smallest absolute Gasteiger partial charge is 0.246 e. The van der Waals surface area contributed by atoms with Crippen LogP contribution in [0.25, 0.3) is 11.0 Å². The first-order valence-electron chi connectivity index (χ1n) is 8.01. The summed E-state index contributed by atoms with van der Waals surface area (Å²) in [7, 11) is 0. The van der Waals surface area contributed by atoms with Crippen molar-refractivity contribution in [3.05, 3.63) is 42.2 Å². The number of aryl methyl sites for hydroxylation is 2. The molecule has 1 aromatic carbocycles. The third-order valence-corrected chi connectivity index (χ3v) is 3.72. The summed E-state index contributed by atoms with van der Waals surface area (Å²) >= 11 is 0. The Morgan fingerprint density at radius 3 is 2.82 bits per heavy atom. The Labute approximate surface area is 132 Å². The summed E-state index contributed by atoms with van der Waals surface area (Å²) in [6, 6.07) is 8.27. The zero-order valence-corrected chi connectivity index (χ0v) is 13.6. The number of carbonyl (C=O) groups excluding carboxylic acids is 1. The molecule has 1 amide bonds. The molecule has 0 spiro atoms. The van der Waals surface area contributed by atoms with Crippen molar-refractivity contribution in [1.29, 1.82) is 0 Å². The van der Waals surface area contributed by atoms with Crippen molar-refractivity contribution in [3.8, 4) is 0 Å². The number of hydrogen-bond acceptors (Lipinski definition) is 2. The van der Waals surface area contributed by atoms with Crippen LogP contribution in [0, 0.1) is 0 Å². The number of amides is 1. The maximum Gasteiger partial charge on any atom is 0.246 e. The van der Waals surface area contributed by atoms with Crippen LogP contribution in [0.1, 0.15) is 38.9 Å². The molecular formula is C18H25N3O. The van der Waals surface area contributed by atoms with Crippen LogP contribution < -0.4 is 5.32 Å². The Balaban J connectivity index is 2.03. The van der Waals surface area contributed by atoms with E-state index in [-0.39, 0.29) is 5.91 Å². The van der Waals surface area contributed by atoms with E-state index < -0.39 is 0 Å². The molecule has 0 saturated heterocycles. The Kier molecular flexibility index (Phi) is 5.75. The lowest BCUT2D eigenvalue weighted by Gasteiger charge is -2.09. The van der Waals surface area contributed by atoms with Gasteiger partial charge in [0.15, 0.2) is 0 Å². The molecule has 0 atom stereocenters. The summed E-state index contributed by atoms with van der Waals surface area (Å²) < 4.78 is 2.32. The van der Waals surface area contributed by atoms with E-state index in [2.05, 4.69) is 41.6 Å². The second kappa shape index (κ2) is 7.78. The second-order valence-electron chi connectivity index (χ2n) is 5.66. The second-order valence-corrected chi connectivity index (χ2v) is 5.66. The first-order chi connectivity index (χ1) is 10.6. The van der Waals surface area contributed by atoms with E-state index in [1.165, 1.54) is 11.9 Å². The summed E-state index contributed by atoms with van der Waals surface area (Å²) in [6.07, 6.45) is 4.07. The van der Waals surface area contributed by atoms with Gasteiger partial charge < -0.3 is 9.88 Å². The van der Waals surface area contributed by atoms with E-state index in [0.717, 1.165) is 37.1 Å². The number of carbonyl (C=O) groups is 1. The zero-order valence-electron chi connectivity index (χ0n) is 13.6. The molecule has 0 radical (unpaired) electrons. The molecule has 0 aliphatic heterocycles. The van der Waals surface area contributed by atoms with Crippen LogP contribution in [-0.4, -0.2) is 22.0 Å². The van der Waals surface area contributed by atoms with Gasteiger partial charge >= 0.3 is 0 Å². The molecular weight excluding hydrogens is 274 g/mol. The molecule has 4 nitrogen and oxygen atoms in total. The normalized spacial score (nSPS) is 10.8. The quantitative estimate of drug-likeness (QED) is 0.599. The van der Waals surface area contributed by atoms with E-state index in [0.29, 0.717) is 12.1 Å². The van der Waals surface area contributed by atoms with Crippen molar-refractivity contribution in [2.75, 3.05) is 6.54 Å². The number of fused-ring (bicyclic) bond motifs is 1. The van der Waals surface area contributed by atoms with E-state index in [1.54, 1.807) is 6.92 Å². The molecule has 0 aliphatic rings. The van der Waals surface area contributed by atoms with Gasteiger partial charge in [0.2, 0.25) is 5.91 Å². The standard InChI is InChI=1S/C18H25N3O/c1-4-5-13-21-16-10-7-6-9-15(16)20-17(21)11-8-12-19-18(22)14(2)3/h6-7,9-10H,2,4-5,8,11-13H2,1,3H3,(H,19,22). The minimum absolute atomic E-state index is 0.0699. The lowest BCUT2D eigenvalue weighted by Crippen LogP contribution is -2.25. The van der Waals surface area contributed by atoms with Crippen molar-refractivity contribution >= 4 is 16.9 Å². The fraction of sp³-hybridized carbons (Fsp3) is 0.444. The van der Waals surface area contributed by atoms with Crippen molar-refractivity contribution in [2.24, 2.45) is 0 Å². The van der Waals surface area contributed by atoms with Gasteiger partial charge in [-0.15, -0.1) is 0 Å². The highest BCUT2D eigenvalue weighted by atomic mass is 16.1. The van der Waals surface area contributed by atoms with Crippen LogP contribution >= 0.6 is 0 Å². The fourth-order valence-electron chi connectivity index (χ4n) is 2.48. The molecule has 2 rings (SSSR count). The number of rotatable bonds is 8. The van der Waals surface area contributed by atoms with Gasteiger partial charge in [0.1, 0.15) is 5.82 Å². The molecule has 0 unspecified atom stereocenters. The van der Waals surface area contributed by atoms with Crippen LogP contribution in [0.5, 0.6) is 0 Å². The van der Waals surface area contributed by atoms with Gasteiger partial charge in [-0.2, -0.15) is 0 Å². The van der Waals surface area contributed by atoms with Crippen LogP contribution in [0.4, 0.5) is 0 Å². The number of nitrogens with one attached hydrogen (secondary N) is 1. The predicted octanol–water partition coefficient (Wildman–Crippen LogP) is 3.46. The first-order valence-corrected chi connectivity index (χ1v) is 8.01. The number of aromatic nitrogens is 2. The monoisotopic (exact) mass is 299 g/mol. The topological polar surface area (TPSA) is 46.9 Å². The summed E-state index contributed by atoms with van der Waals surface area (Å²) in [4.78, 5) is 16.2. The highest BCUT2D eigenvalue weighted by molar-refractivity contribution is 5.92. The maximum absolute atomic E-state index is 11.5. The van der Waals surface area contributed by atoms with E-state index in [1.807, 2.05) is 6.07 Å². The molecule has 1 aromatic heterocycles. The Morgan fingerprint density at radius 1 is 1.32 bits per heavy atom. The first kappa shape index (κ1) is 16.3. The van der Waals surface area contributed by atoms with E-state index in [9.17, 15) is 4.79 Å². The molecule has 2 aromatic rings. The van der Waals surface area contributed by atoms with E-state index >= 15 is 0 Å². The Hall–Kier alpha value is -2.10. The Morgan fingerprint density at radius 2 is 2.09 bits per heavy atom. The summed E-state index contributed by atoms with van der Waals surface area (Å²) in [5, 5.41) is 2.87. The van der Waals surface area contributed by atoms with Crippen molar-refractivity contribution in [3.63, 3.8) is 0 Å². The largest absolute Gasteiger partial charge is 0.352 e. The maximum atomic E-state index is 11.5. The minimum atomic E-state index is -0.0699. The van der Waals surface area contributed by atoms with E-state index in [4.69, 9.17) is 4.98 Å². The predicted molar refractivity (Wildman–Crippen MR) is 90.8 cm³/mol. The molecule has 1 N–H and O–H groups in total. The van der Waals surface area contributed by atoms with Gasteiger partial charge in [0.05, 0.1) is 11.0 Å². The highest BCUT2D eigenvalue weighted by Crippen LogP contribution is 2.18. The third kappa shape index (κ3) is 3.97. The fourth-order valence-corrected chi connectivity index (χ4v) is 2.48. The lowest BCUT2D eigenvalue weighted by atomic mass is 10.2. The van der Waals surface area contributed by atoms with Crippen LogP contribution in [-0.2, 0) is 17.8 Å². The highest BCUT2D eigenvalue weighted by Gasteiger charge is 2.10. The number of nitrogens with zero attached hydrogens (tertiary/aromatic N) is 2. The summed E-state index contributed by atoms with van der Waals surface area (Å²) in [6.45, 7) is 9.22. The zero-order chi connectivity index (χ0) is 15.9. The number of imidazole rings is 1. The summed E-state index contributed by atoms with van der Waals surface area (Å²) in [5.74, 6) is 1.04. The van der Waals surface area contributed by atoms with Gasteiger partial charge in [-0.25, -0.2) is 4.98 Å². The van der Waals surface area contributed by atoms with Crippen molar-refractivity contribution in [1.82, 2.24) is 14.9 Å². The van der Waals surface area contributed by atoms with Crippen LogP contribution in [0.3, 0.4) is 0 Å². The molecule has 0 aliphatic carbocycles. The summed E-state index contributed by atoms with van der Waals surface area (Å²) in [5.41, 5.74) is 2.81. The number of para-hydroxylation sites is 2. The average Bonchev–Trinajstić information content (AvgIpc) is 2.86. The van der Waals surface area contributed by atoms with Gasteiger partial charge in [0, 0.05) is 25.1 Å². The Bertz CT molecular complexity index is 657. The number of benzene rings is 1.